The summed E-state index contributed by atoms with van der Waals surface area (Å²) in [5.41, 5.74) is 1.47. The van der Waals surface area contributed by atoms with Crippen molar-refractivity contribution in [2.75, 3.05) is 18.0 Å². The molecule has 162 valence electrons. The maximum absolute atomic E-state index is 12.8. The predicted molar refractivity (Wildman–Crippen MR) is 122 cm³/mol. The highest BCUT2D eigenvalue weighted by Crippen LogP contribution is 2.25. The van der Waals surface area contributed by atoms with E-state index < -0.39 is 10.0 Å². The molecule has 6 nitrogen and oxygen atoms in total. The summed E-state index contributed by atoms with van der Waals surface area (Å²) in [5, 5.41) is 3.34. The van der Waals surface area contributed by atoms with Crippen molar-refractivity contribution >= 4 is 33.2 Å². The third-order valence-corrected chi connectivity index (χ3v) is 6.77. The van der Waals surface area contributed by atoms with Gasteiger partial charge in [0.25, 0.3) is 15.9 Å². The first-order valence-corrected chi connectivity index (χ1v) is 11.4. The van der Waals surface area contributed by atoms with E-state index in [-0.39, 0.29) is 23.5 Å². The second kappa shape index (κ2) is 9.85. The molecule has 3 aromatic carbocycles. The van der Waals surface area contributed by atoms with Crippen LogP contribution in [0.1, 0.15) is 18.5 Å². The third-order valence-electron chi connectivity index (χ3n) is 4.72. The second-order valence-corrected chi connectivity index (χ2v) is 9.31. The highest BCUT2D eigenvalue weighted by molar-refractivity contribution is 7.92. The molecule has 0 fully saturated rings. The van der Waals surface area contributed by atoms with Gasteiger partial charge in [-0.2, -0.15) is 0 Å². The molecule has 1 amide bonds. The van der Waals surface area contributed by atoms with Crippen LogP contribution in [0.25, 0.3) is 0 Å². The minimum Gasteiger partial charge on any atom is -0.484 e. The molecule has 8 heteroatoms. The number of hydrogen-bond donors (Lipinski definition) is 1. The van der Waals surface area contributed by atoms with Crippen LogP contribution >= 0.6 is 11.6 Å². The van der Waals surface area contributed by atoms with E-state index in [2.05, 4.69) is 5.32 Å². The number of nitrogens with one attached hydrogen (secondary N) is 1. The zero-order valence-corrected chi connectivity index (χ0v) is 18.7. The molecule has 0 aliphatic rings. The number of amides is 1. The van der Waals surface area contributed by atoms with E-state index in [1.165, 1.54) is 35.6 Å². The van der Waals surface area contributed by atoms with E-state index in [9.17, 15) is 13.2 Å². The van der Waals surface area contributed by atoms with Gasteiger partial charge in [-0.15, -0.1) is 0 Å². The van der Waals surface area contributed by atoms with E-state index >= 15 is 0 Å². The summed E-state index contributed by atoms with van der Waals surface area (Å²) in [6, 6.07) is 22.0. The number of hydrogen-bond acceptors (Lipinski definition) is 4. The average molecular weight is 459 g/mol. The van der Waals surface area contributed by atoms with Crippen molar-refractivity contribution in [1.29, 1.82) is 0 Å². The number of carbonyl (C=O) groups excluding carboxylic acids is 1. The molecule has 1 atom stereocenters. The summed E-state index contributed by atoms with van der Waals surface area (Å²) in [5.74, 6) is 0.214. The lowest BCUT2D eigenvalue weighted by Crippen LogP contribution is -2.31. The van der Waals surface area contributed by atoms with Crippen molar-refractivity contribution in [1.82, 2.24) is 5.32 Å². The standard InChI is InChI=1S/C23H23ClN2O4S/c1-17(18-6-4-3-5-7-18)25-23(27)16-30-21-12-10-20(11-13-21)26(2)31(28,29)22-14-8-19(24)9-15-22/h3-15,17H,16H2,1-2H3,(H,25,27). The number of ether oxygens (including phenoxy) is 1. The lowest BCUT2D eigenvalue weighted by molar-refractivity contribution is -0.123. The van der Waals surface area contributed by atoms with E-state index in [0.717, 1.165) is 5.56 Å². The first-order valence-electron chi connectivity index (χ1n) is 9.59. The topological polar surface area (TPSA) is 75.7 Å². The van der Waals surface area contributed by atoms with E-state index in [0.29, 0.717) is 16.5 Å². The number of rotatable bonds is 8. The number of anilines is 1. The molecule has 1 unspecified atom stereocenters. The van der Waals surface area contributed by atoms with Crippen LogP contribution in [-0.4, -0.2) is 28.0 Å². The summed E-state index contributed by atoms with van der Waals surface area (Å²) < 4.78 is 32.2. The van der Waals surface area contributed by atoms with Gasteiger partial charge in [-0.3, -0.25) is 9.10 Å². The summed E-state index contributed by atoms with van der Waals surface area (Å²) in [6.45, 7) is 1.76. The molecule has 0 heterocycles. The van der Waals surface area contributed by atoms with Crippen LogP contribution in [0.2, 0.25) is 5.02 Å². The molecule has 3 rings (SSSR count). The van der Waals surface area contributed by atoms with E-state index in [1.807, 2.05) is 37.3 Å². The van der Waals surface area contributed by atoms with Crippen molar-refractivity contribution in [2.24, 2.45) is 0 Å². The number of carbonyl (C=O) groups is 1. The second-order valence-electron chi connectivity index (χ2n) is 6.91. The lowest BCUT2D eigenvalue weighted by atomic mass is 10.1. The van der Waals surface area contributed by atoms with Gasteiger partial charge < -0.3 is 10.1 Å². The number of halogens is 1. The van der Waals surface area contributed by atoms with Gasteiger partial charge in [0, 0.05) is 12.1 Å². The molecule has 1 N–H and O–H groups in total. The Morgan fingerprint density at radius 2 is 1.61 bits per heavy atom. The van der Waals surface area contributed by atoms with Crippen LogP contribution in [0.3, 0.4) is 0 Å². The molecule has 0 spiro atoms. The fraction of sp³-hybridized carbons (Fsp3) is 0.174. The average Bonchev–Trinajstić information content (AvgIpc) is 2.78. The highest BCUT2D eigenvalue weighted by Gasteiger charge is 2.21. The summed E-state index contributed by atoms with van der Waals surface area (Å²) in [4.78, 5) is 12.3. The molecule has 0 saturated carbocycles. The first-order chi connectivity index (χ1) is 14.8. The Kier molecular flexibility index (Phi) is 7.20. The van der Waals surface area contributed by atoms with Crippen LogP contribution in [-0.2, 0) is 14.8 Å². The minimum atomic E-state index is -3.72. The van der Waals surface area contributed by atoms with E-state index in [4.69, 9.17) is 16.3 Å². The zero-order valence-electron chi connectivity index (χ0n) is 17.2. The molecule has 0 aliphatic carbocycles. The zero-order chi connectivity index (χ0) is 22.4. The number of sulfonamides is 1. The van der Waals surface area contributed by atoms with Gasteiger partial charge >= 0.3 is 0 Å². The molecule has 0 bridgehead atoms. The third kappa shape index (κ3) is 5.77. The highest BCUT2D eigenvalue weighted by atomic mass is 35.5. The van der Waals surface area contributed by atoms with Crippen LogP contribution in [0, 0.1) is 0 Å². The molecule has 0 aromatic heterocycles. The Balaban J connectivity index is 1.58. The molecule has 0 saturated heterocycles. The summed E-state index contributed by atoms with van der Waals surface area (Å²) in [7, 11) is -2.25. The number of nitrogens with zero attached hydrogens (tertiary/aromatic N) is 1. The molecule has 3 aromatic rings. The summed E-state index contributed by atoms with van der Waals surface area (Å²) in [6.07, 6.45) is 0. The quantitative estimate of drug-likeness (QED) is 0.542. The predicted octanol–water partition coefficient (Wildman–Crippen LogP) is 4.42. The van der Waals surface area contributed by atoms with Crippen molar-refractivity contribution in [2.45, 2.75) is 17.9 Å². The Hall–Kier alpha value is -3.03. The van der Waals surface area contributed by atoms with Crippen molar-refractivity contribution in [3.05, 3.63) is 89.4 Å². The molecule has 0 radical (unpaired) electrons. The van der Waals surface area contributed by atoms with Crippen LogP contribution in [0.4, 0.5) is 5.69 Å². The van der Waals surface area contributed by atoms with Gasteiger partial charge in [-0.1, -0.05) is 41.9 Å². The minimum absolute atomic E-state index is 0.133. The lowest BCUT2D eigenvalue weighted by Gasteiger charge is -2.20. The maximum atomic E-state index is 12.8. The maximum Gasteiger partial charge on any atom is 0.264 e. The van der Waals surface area contributed by atoms with Crippen molar-refractivity contribution in [3.63, 3.8) is 0 Å². The normalized spacial score (nSPS) is 12.1. The fourth-order valence-corrected chi connectivity index (χ4v) is 4.23. The smallest absolute Gasteiger partial charge is 0.264 e. The largest absolute Gasteiger partial charge is 0.484 e. The van der Waals surface area contributed by atoms with Gasteiger partial charge in [-0.05, 0) is 61.0 Å². The summed E-state index contributed by atoms with van der Waals surface area (Å²) >= 11 is 5.84. The van der Waals surface area contributed by atoms with Gasteiger partial charge in [0.1, 0.15) is 5.75 Å². The van der Waals surface area contributed by atoms with Crippen molar-refractivity contribution in [3.8, 4) is 5.75 Å². The van der Waals surface area contributed by atoms with Gasteiger partial charge in [-0.25, -0.2) is 8.42 Å². The molecule has 0 aliphatic heterocycles. The Bertz CT molecular complexity index is 1120. The van der Waals surface area contributed by atoms with Gasteiger partial charge in [0.15, 0.2) is 6.61 Å². The fourth-order valence-electron chi connectivity index (χ4n) is 2.91. The molecular weight excluding hydrogens is 436 g/mol. The number of benzene rings is 3. The van der Waals surface area contributed by atoms with E-state index in [1.54, 1.807) is 24.3 Å². The monoisotopic (exact) mass is 458 g/mol. The van der Waals surface area contributed by atoms with Crippen molar-refractivity contribution < 1.29 is 17.9 Å². The molecular formula is C23H23ClN2O4S. The Labute approximate surface area is 187 Å². The SMILES string of the molecule is CC(NC(=O)COc1ccc(N(C)S(=O)(=O)c2ccc(Cl)cc2)cc1)c1ccccc1. The van der Waals surface area contributed by atoms with Crippen LogP contribution in [0.5, 0.6) is 5.75 Å². The van der Waals surface area contributed by atoms with Gasteiger partial charge in [0.2, 0.25) is 0 Å². The molecule has 31 heavy (non-hydrogen) atoms. The van der Waals surface area contributed by atoms with Crippen LogP contribution < -0.4 is 14.4 Å². The van der Waals surface area contributed by atoms with Gasteiger partial charge in [0.05, 0.1) is 16.6 Å². The Morgan fingerprint density at radius 3 is 2.23 bits per heavy atom. The Morgan fingerprint density at radius 1 is 1.00 bits per heavy atom. The first kappa shape index (κ1) is 22.7. The van der Waals surface area contributed by atoms with Crippen LogP contribution in [0.15, 0.2) is 83.8 Å².